The maximum atomic E-state index is 10.6. The highest BCUT2D eigenvalue weighted by atomic mass is 32.3. The molecule has 0 spiro atoms. The highest BCUT2D eigenvalue weighted by molar-refractivity contribution is 8.24. The number of hydrogen-bond donors (Lipinski definition) is 4. The van der Waals surface area contributed by atoms with Crippen molar-refractivity contribution >= 4 is 33.3 Å². The van der Waals surface area contributed by atoms with Gasteiger partial charge in [0.1, 0.15) is 5.82 Å². The number of nitrogens with one attached hydrogen (secondary N) is 1. The first-order valence-electron chi connectivity index (χ1n) is 9.90. The Morgan fingerprint density at radius 3 is 2.67 bits per heavy atom. The number of nitrogens with zero attached hydrogens (tertiary/aromatic N) is 3. The molecule has 0 amide bonds. The SMILES string of the molecule is NC1(CNc2nc(N3CCS(O)(O)c4ccccc4C3)nc3ccccc23)COC1. The minimum Gasteiger partial charge on any atom is -0.377 e. The summed E-state index contributed by atoms with van der Waals surface area (Å²) in [5.74, 6) is 1.52. The monoisotopic (exact) mass is 427 g/mol. The van der Waals surface area contributed by atoms with E-state index in [9.17, 15) is 9.11 Å². The van der Waals surface area contributed by atoms with Crippen molar-refractivity contribution in [3.63, 3.8) is 0 Å². The first kappa shape index (κ1) is 19.5. The number of ether oxygens (including phenoxy) is 1. The molecule has 158 valence electrons. The van der Waals surface area contributed by atoms with Crippen molar-refractivity contribution in [3.8, 4) is 0 Å². The number of hydrogen-bond acceptors (Lipinski definition) is 8. The lowest BCUT2D eigenvalue weighted by Gasteiger charge is -2.38. The molecule has 0 aliphatic carbocycles. The number of rotatable bonds is 4. The average Bonchev–Trinajstić information content (AvgIpc) is 2.86. The molecule has 1 saturated heterocycles. The van der Waals surface area contributed by atoms with Gasteiger partial charge in [0.2, 0.25) is 5.95 Å². The van der Waals surface area contributed by atoms with Crippen molar-refractivity contribution in [3.05, 3.63) is 54.1 Å². The quantitative estimate of drug-likeness (QED) is 0.502. The van der Waals surface area contributed by atoms with Crippen LogP contribution in [0.2, 0.25) is 0 Å². The molecule has 5 N–H and O–H groups in total. The van der Waals surface area contributed by atoms with Crippen LogP contribution in [0.3, 0.4) is 0 Å². The highest BCUT2D eigenvalue weighted by Gasteiger charge is 2.34. The maximum Gasteiger partial charge on any atom is 0.228 e. The van der Waals surface area contributed by atoms with Crippen LogP contribution in [0.4, 0.5) is 11.8 Å². The van der Waals surface area contributed by atoms with Crippen molar-refractivity contribution in [1.82, 2.24) is 9.97 Å². The van der Waals surface area contributed by atoms with Gasteiger partial charge in [-0.2, -0.15) is 15.6 Å². The summed E-state index contributed by atoms with van der Waals surface area (Å²) < 4.78 is 26.5. The molecule has 0 atom stereocenters. The number of nitrogens with two attached hydrogens (primary N) is 1. The molecule has 2 aromatic carbocycles. The molecule has 5 rings (SSSR count). The molecule has 0 saturated carbocycles. The molecule has 0 unspecified atom stereocenters. The molecule has 2 aliphatic heterocycles. The maximum absolute atomic E-state index is 10.6. The molecule has 1 fully saturated rings. The Morgan fingerprint density at radius 1 is 1.10 bits per heavy atom. The molecule has 1 aromatic heterocycles. The number of anilines is 2. The van der Waals surface area contributed by atoms with Crippen molar-refractivity contribution in [2.45, 2.75) is 17.0 Å². The van der Waals surface area contributed by atoms with E-state index < -0.39 is 10.6 Å². The van der Waals surface area contributed by atoms with E-state index >= 15 is 0 Å². The van der Waals surface area contributed by atoms with E-state index in [0.717, 1.165) is 22.3 Å². The van der Waals surface area contributed by atoms with Gasteiger partial charge in [-0.05, 0) is 23.8 Å². The zero-order valence-electron chi connectivity index (χ0n) is 16.5. The van der Waals surface area contributed by atoms with Gasteiger partial charge in [0.25, 0.3) is 0 Å². The Kier molecular flexibility index (Phi) is 4.79. The van der Waals surface area contributed by atoms with Crippen LogP contribution in [0.25, 0.3) is 10.9 Å². The van der Waals surface area contributed by atoms with Crippen molar-refractivity contribution in [2.24, 2.45) is 5.73 Å². The molecular formula is C21H25N5O3S. The van der Waals surface area contributed by atoms with Gasteiger partial charge in [-0.1, -0.05) is 30.3 Å². The van der Waals surface area contributed by atoms with Gasteiger partial charge < -0.3 is 20.7 Å². The van der Waals surface area contributed by atoms with Crippen LogP contribution in [0.15, 0.2) is 53.4 Å². The molecule has 0 bridgehead atoms. The Balaban J connectivity index is 1.51. The first-order chi connectivity index (χ1) is 14.4. The molecule has 2 aliphatic rings. The van der Waals surface area contributed by atoms with Crippen LogP contribution in [0.1, 0.15) is 5.56 Å². The Bertz CT molecular complexity index is 1090. The zero-order chi connectivity index (χ0) is 20.8. The second-order valence-electron chi connectivity index (χ2n) is 8.00. The van der Waals surface area contributed by atoms with Crippen LogP contribution in [0.5, 0.6) is 0 Å². The summed E-state index contributed by atoms with van der Waals surface area (Å²) in [5.41, 5.74) is 7.61. The second-order valence-corrected chi connectivity index (χ2v) is 10.2. The summed E-state index contributed by atoms with van der Waals surface area (Å²) in [6, 6.07) is 15.3. The molecule has 30 heavy (non-hydrogen) atoms. The molecule has 3 aromatic rings. The number of aromatic nitrogens is 2. The summed E-state index contributed by atoms with van der Waals surface area (Å²) in [6.07, 6.45) is 0. The lowest BCUT2D eigenvalue weighted by molar-refractivity contribution is -0.0461. The summed E-state index contributed by atoms with van der Waals surface area (Å²) in [4.78, 5) is 12.2. The third-order valence-electron chi connectivity index (χ3n) is 5.59. The molecule has 9 heteroatoms. The fraction of sp³-hybridized carbons (Fsp3) is 0.333. The third-order valence-corrected chi connectivity index (χ3v) is 7.45. The average molecular weight is 428 g/mol. The fourth-order valence-electron chi connectivity index (χ4n) is 3.82. The minimum absolute atomic E-state index is 0.242. The van der Waals surface area contributed by atoms with Gasteiger partial charge in [0.15, 0.2) is 0 Å². The van der Waals surface area contributed by atoms with Gasteiger partial charge in [-0.3, -0.25) is 9.11 Å². The normalized spacial score (nSPS) is 20.7. The lowest BCUT2D eigenvalue weighted by Crippen LogP contribution is -2.61. The van der Waals surface area contributed by atoms with Crippen LogP contribution >= 0.6 is 10.6 Å². The van der Waals surface area contributed by atoms with Crippen LogP contribution < -0.4 is 16.0 Å². The fourth-order valence-corrected chi connectivity index (χ4v) is 5.37. The molecular weight excluding hydrogens is 402 g/mol. The van der Waals surface area contributed by atoms with Crippen LogP contribution in [0, 0.1) is 0 Å². The smallest absolute Gasteiger partial charge is 0.228 e. The van der Waals surface area contributed by atoms with E-state index in [-0.39, 0.29) is 11.3 Å². The summed E-state index contributed by atoms with van der Waals surface area (Å²) in [7, 11) is -2.84. The van der Waals surface area contributed by atoms with Gasteiger partial charge in [0.05, 0.1) is 34.9 Å². The molecule has 0 radical (unpaired) electrons. The Hall–Kier alpha value is -2.43. The van der Waals surface area contributed by atoms with Gasteiger partial charge >= 0.3 is 0 Å². The number of para-hydroxylation sites is 1. The molecule has 3 heterocycles. The topological polar surface area (TPSA) is 117 Å². The van der Waals surface area contributed by atoms with Gasteiger partial charge in [-0.25, -0.2) is 4.98 Å². The Labute approximate surface area is 176 Å². The van der Waals surface area contributed by atoms with Crippen molar-refractivity contribution < 1.29 is 13.8 Å². The van der Waals surface area contributed by atoms with Gasteiger partial charge in [-0.15, -0.1) is 0 Å². The minimum atomic E-state index is -2.84. The van der Waals surface area contributed by atoms with E-state index in [1.807, 2.05) is 47.4 Å². The van der Waals surface area contributed by atoms with E-state index in [1.54, 1.807) is 6.07 Å². The zero-order valence-corrected chi connectivity index (χ0v) is 17.3. The van der Waals surface area contributed by atoms with Crippen LogP contribution in [-0.2, 0) is 11.3 Å². The standard InChI is InChI=1S/C21H25N5O3S/c22-21(13-29-14-21)12-23-19-16-6-2-3-7-17(16)24-20(25-19)26-9-10-30(27,28)18-8-4-1-5-15(18)11-26/h1-8,27-28H,9-14,22H2,(H,23,24,25). The van der Waals surface area contributed by atoms with Crippen molar-refractivity contribution in [1.29, 1.82) is 0 Å². The summed E-state index contributed by atoms with van der Waals surface area (Å²) >= 11 is 0. The second kappa shape index (κ2) is 7.36. The van der Waals surface area contributed by atoms with E-state index in [2.05, 4.69) is 5.32 Å². The van der Waals surface area contributed by atoms with Gasteiger partial charge in [0, 0.05) is 25.0 Å². The summed E-state index contributed by atoms with van der Waals surface area (Å²) in [5, 5.41) is 4.31. The largest absolute Gasteiger partial charge is 0.377 e. The molecule has 8 nitrogen and oxygen atoms in total. The van der Waals surface area contributed by atoms with Crippen LogP contribution in [-0.4, -0.2) is 56.7 Å². The summed E-state index contributed by atoms with van der Waals surface area (Å²) in [6.45, 7) is 2.56. The predicted octanol–water partition coefficient (Wildman–Crippen LogP) is 2.90. The van der Waals surface area contributed by atoms with E-state index in [1.165, 1.54) is 0 Å². The van der Waals surface area contributed by atoms with E-state index in [0.29, 0.717) is 43.7 Å². The third kappa shape index (κ3) is 3.59. The Morgan fingerprint density at radius 2 is 1.87 bits per heavy atom. The number of fused-ring (bicyclic) bond motifs is 2. The lowest BCUT2D eigenvalue weighted by atomic mass is 9.99. The van der Waals surface area contributed by atoms with Crippen molar-refractivity contribution in [2.75, 3.05) is 42.3 Å². The first-order valence-corrected chi connectivity index (χ1v) is 11.6. The predicted molar refractivity (Wildman–Crippen MR) is 119 cm³/mol. The highest BCUT2D eigenvalue weighted by Crippen LogP contribution is 2.51. The number of benzene rings is 2. The van der Waals surface area contributed by atoms with E-state index in [4.69, 9.17) is 20.4 Å².